The van der Waals surface area contributed by atoms with Gasteiger partial charge in [0.15, 0.2) is 0 Å². The Balaban J connectivity index is 1.74. The third kappa shape index (κ3) is 3.00. The van der Waals surface area contributed by atoms with Gasteiger partial charge in [-0.2, -0.15) is 0 Å². The fraction of sp³-hybridized carbons (Fsp3) is 0.100. The van der Waals surface area contributed by atoms with Crippen LogP contribution >= 0.6 is 22.9 Å². The van der Waals surface area contributed by atoms with Gasteiger partial charge in [0.25, 0.3) is 0 Å². The lowest BCUT2D eigenvalue weighted by atomic mass is 10.0. The Morgan fingerprint density at radius 1 is 1.23 bits per heavy atom. The number of aromatic hydroxyl groups is 1. The highest BCUT2D eigenvalue weighted by molar-refractivity contribution is 7.10. The normalized spacial score (nSPS) is 14.5. The molecule has 26 heavy (non-hydrogen) atoms. The molecule has 1 aliphatic rings. The SMILES string of the molecule is CC1=Nc2ccccc2/C1=C\c1sc(=O)n(Cc2cccc(Cl)c2)c1O. The first-order chi connectivity index (χ1) is 12.5. The molecule has 0 radical (unpaired) electrons. The lowest BCUT2D eigenvalue weighted by Gasteiger charge is -2.05. The van der Waals surface area contributed by atoms with E-state index in [0.717, 1.165) is 39.4 Å². The van der Waals surface area contributed by atoms with E-state index in [0.29, 0.717) is 9.90 Å². The van der Waals surface area contributed by atoms with E-state index in [2.05, 4.69) is 4.99 Å². The highest BCUT2D eigenvalue weighted by Crippen LogP contribution is 2.37. The minimum atomic E-state index is -0.213. The molecular formula is C20H15ClN2O2S. The Kier molecular flexibility index (Phi) is 4.26. The number of para-hydroxylation sites is 1. The first-order valence-corrected chi connectivity index (χ1v) is 9.26. The number of allylic oxidation sites excluding steroid dienone is 1. The van der Waals surface area contributed by atoms with Crippen LogP contribution in [0.4, 0.5) is 5.69 Å². The average molecular weight is 383 g/mol. The maximum Gasteiger partial charge on any atom is 0.310 e. The van der Waals surface area contributed by atoms with Gasteiger partial charge in [0.05, 0.1) is 17.1 Å². The van der Waals surface area contributed by atoms with Gasteiger partial charge >= 0.3 is 4.87 Å². The molecule has 130 valence electrons. The van der Waals surface area contributed by atoms with Crippen molar-refractivity contribution >= 4 is 46.0 Å². The maximum absolute atomic E-state index is 12.4. The molecule has 4 rings (SSSR count). The Labute approximate surface area is 159 Å². The van der Waals surface area contributed by atoms with Gasteiger partial charge in [0.1, 0.15) is 0 Å². The van der Waals surface area contributed by atoms with Gasteiger partial charge in [-0.15, -0.1) is 0 Å². The number of aromatic nitrogens is 1. The Morgan fingerprint density at radius 2 is 2.04 bits per heavy atom. The standard InChI is InChI=1S/C20H15ClN2O2S/c1-12-16(15-7-2-3-8-17(15)22-12)10-18-19(24)23(20(25)26-18)11-13-5-4-6-14(21)9-13/h2-10,24H,11H2,1H3/b16-10-. The van der Waals surface area contributed by atoms with E-state index in [1.54, 1.807) is 12.1 Å². The Hall–Kier alpha value is -2.63. The molecule has 4 nitrogen and oxygen atoms in total. The molecule has 0 amide bonds. The number of hydrogen-bond acceptors (Lipinski definition) is 4. The predicted molar refractivity (Wildman–Crippen MR) is 108 cm³/mol. The summed E-state index contributed by atoms with van der Waals surface area (Å²) in [5, 5.41) is 11.2. The molecule has 2 aromatic carbocycles. The highest BCUT2D eigenvalue weighted by Gasteiger charge is 2.20. The molecule has 1 aromatic heterocycles. The van der Waals surface area contributed by atoms with Crippen LogP contribution in [0.1, 0.15) is 22.9 Å². The summed E-state index contributed by atoms with van der Waals surface area (Å²) in [4.78, 5) is 17.2. The molecule has 0 fully saturated rings. The molecule has 0 aliphatic carbocycles. The minimum Gasteiger partial charge on any atom is -0.493 e. The number of nitrogens with zero attached hydrogens (tertiary/aromatic N) is 2. The fourth-order valence-electron chi connectivity index (χ4n) is 3.01. The van der Waals surface area contributed by atoms with E-state index in [-0.39, 0.29) is 17.3 Å². The number of thiazole rings is 1. The first-order valence-electron chi connectivity index (χ1n) is 8.07. The van der Waals surface area contributed by atoms with Crippen molar-refractivity contribution in [3.8, 4) is 5.88 Å². The summed E-state index contributed by atoms with van der Waals surface area (Å²) in [7, 11) is 0. The lowest BCUT2D eigenvalue weighted by molar-refractivity contribution is 0.420. The molecule has 0 unspecified atom stereocenters. The second-order valence-electron chi connectivity index (χ2n) is 6.04. The van der Waals surface area contributed by atoms with E-state index in [4.69, 9.17) is 11.6 Å². The van der Waals surface area contributed by atoms with Crippen LogP contribution in [-0.4, -0.2) is 15.4 Å². The third-order valence-electron chi connectivity index (χ3n) is 4.27. The number of hydrogen-bond donors (Lipinski definition) is 1. The Bertz CT molecular complexity index is 1120. The number of aliphatic imine (C=N–C) groups is 1. The van der Waals surface area contributed by atoms with E-state index >= 15 is 0 Å². The molecule has 0 saturated heterocycles. The van der Waals surface area contributed by atoms with Crippen molar-refractivity contribution < 1.29 is 5.11 Å². The highest BCUT2D eigenvalue weighted by atomic mass is 35.5. The van der Waals surface area contributed by atoms with Crippen molar-refractivity contribution in [1.29, 1.82) is 0 Å². The monoisotopic (exact) mass is 382 g/mol. The van der Waals surface area contributed by atoms with Gasteiger partial charge in [-0.3, -0.25) is 14.4 Å². The zero-order chi connectivity index (χ0) is 18.3. The molecule has 0 bridgehead atoms. The van der Waals surface area contributed by atoms with Crippen LogP contribution in [-0.2, 0) is 6.54 Å². The number of rotatable bonds is 3. The topological polar surface area (TPSA) is 54.6 Å². The van der Waals surface area contributed by atoms with Crippen LogP contribution in [0, 0.1) is 0 Å². The minimum absolute atomic E-state index is 0.0374. The van der Waals surface area contributed by atoms with E-state index in [1.807, 2.05) is 49.4 Å². The molecule has 6 heteroatoms. The molecular weight excluding hydrogens is 368 g/mol. The van der Waals surface area contributed by atoms with Gasteiger partial charge in [-0.25, -0.2) is 0 Å². The molecule has 0 saturated carbocycles. The number of fused-ring (bicyclic) bond motifs is 1. The van der Waals surface area contributed by atoms with Gasteiger partial charge in [-0.05, 0) is 36.8 Å². The summed E-state index contributed by atoms with van der Waals surface area (Å²) >= 11 is 7.02. The van der Waals surface area contributed by atoms with Crippen molar-refractivity contribution in [3.05, 3.63) is 79.2 Å². The largest absolute Gasteiger partial charge is 0.493 e. The molecule has 0 spiro atoms. The predicted octanol–water partition coefficient (Wildman–Crippen LogP) is 4.96. The smallest absolute Gasteiger partial charge is 0.310 e. The summed E-state index contributed by atoms with van der Waals surface area (Å²) < 4.78 is 1.36. The zero-order valence-corrected chi connectivity index (χ0v) is 15.5. The van der Waals surface area contributed by atoms with Crippen LogP contribution in [0.5, 0.6) is 5.88 Å². The molecule has 1 N–H and O–H groups in total. The molecule has 1 aliphatic heterocycles. The lowest BCUT2D eigenvalue weighted by Crippen LogP contribution is -2.13. The molecule has 3 aromatic rings. The summed E-state index contributed by atoms with van der Waals surface area (Å²) in [6, 6.07) is 15.1. The van der Waals surface area contributed by atoms with Gasteiger partial charge in [-0.1, -0.05) is 53.3 Å². The number of benzene rings is 2. The van der Waals surface area contributed by atoms with Crippen LogP contribution < -0.4 is 4.87 Å². The van der Waals surface area contributed by atoms with Crippen LogP contribution in [0.3, 0.4) is 0 Å². The second kappa shape index (κ2) is 6.59. The third-order valence-corrected chi connectivity index (χ3v) is 5.42. The number of halogens is 1. The average Bonchev–Trinajstić information content (AvgIpc) is 3.07. The van der Waals surface area contributed by atoms with Crippen molar-refractivity contribution in [3.63, 3.8) is 0 Å². The summed E-state index contributed by atoms with van der Waals surface area (Å²) in [6.45, 7) is 2.20. The summed E-state index contributed by atoms with van der Waals surface area (Å²) in [5.74, 6) is -0.0374. The summed E-state index contributed by atoms with van der Waals surface area (Å²) in [5.41, 5.74) is 4.56. The van der Waals surface area contributed by atoms with E-state index in [9.17, 15) is 9.90 Å². The van der Waals surface area contributed by atoms with Gasteiger partial charge < -0.3 is 5.11 Å². The summed E-state index contributed by atoms with van der Waals surface area (Å²) in [6.07, 6.45) is 1.83. The van der Waals surface area contributed by atoms with Crippen molar-refractivity contribution in [1.82, 2.24) is 4.57 Å². The second-order valence-corrected chi connectivity index (χ2v) is 7.47. The maximum atomic E-state index is 12.4. The van der Waals surface area contributed by atoms with Crippen molar-refractivity contribution in [2.45, 2.75) is 13.5 Å². The van der Waals surface area contributed by atoms with E-state index in [1.165, 1.54) is 4.57 Å². The Morgan fingerprint density at radius 3 is 2.85 bits per heavy atom. The van der Waals surface area contributed by atoms with Crippen molar-refractivity contribution in [2.75, 3.05) is 0 Å². The quantitative estimate of drug-likeness (QED) is 0.695. The van der Waals surface area contributed by atoms with Crippen molar-refractivity contribution in [2.24, 2.45) is 4.99 Å². The van der Waals surface area contributed by atoms with Crippen LogP contribution in [0.25, 0.3) is 11.6 Å². The first kappa shape index (κ1) is 16.8. The molecule has 0 atom stereocenters. The van der Waals surface area contributed by atoms with Gasteiger partial charge in [0, 0.05) is 21.9 Å². The van der Waals surface area contributed by atoms with Crippen LogP contribution in [0.15, 0.2) is 58.3 Å². The fourth-order valence-corrected chi connectivity index (χ4v) is 4.05. The van der Waals surface area contributed by atoms with Crippen LogP contribution in [0.2, 0.25) is 5.02 Å². The van der Waals surface area contributed by atoms with Gasteiger partial charge in [0.2, 0.25) is 5.88 Å². The zero-order valence-electron chi connectivity index (χ0n) is 13.9. The van der Waals surface area contributed by atoms with E-state index < -0.39 is 0 Å². The molecule has 2 heterocycles.